The van der Waals surface area contributed by atoms with Gasteiger partial charge < -0.3 is 5.32 Å². The molecule has 150 valence electrons. The van der Waals surface area contributed by atoms with Crippen LogP contribution in [0.2, 0.25) is 0 Å². The topological polar surface area (TPSA) is 67.2 Å². The van der Waals surface area contributed by atoms with Gasteiger partial charge in [0.1, 0.15) is 0 Å². The third-order valence-electron chi connectivity index (χ3n) is 5.37. The maximum atomic E-state index is 13.0. The van der Waals surface area contributed by atoms with Crippen molar-refractivity contribution in [2.45, 2.75) is 38.9 Å². The van der Waals surface area contributed by atoms with Gasteiger partial charge in [-0.05, 0) is 24.5 Å². The monoisotopic (exact) mass is 390 g/mol. The van der Waals surface area contributed by atoms with Crippen molar-refractivity contribution in [2.24, 2.45) is 0 Å². The van der Waals surface area contributed by atoms with E-state index in [9.17, 15) is 9.59 Å². The number of hydrogen-bond donors (Lipinski definition) is 1. The molecule has 1 aliphatic rings. The number of aromatic nitrogens is 2. The smallest absolute Gasteiger partial charge is 0.274 e. The van der Waals surface area contributed by atoms with Gasteiger partial charge in [-0.15, -0.1) is 0 Å². The molecule has 0 radical (unpaired) electrons. The molecule has 1 saturated heterocycles. The van der Waals surface area contributed by atoms with E-state index < -0.39 is 0 Å². The summed E-state index contributed by atoms with van der Waals surface area (Å²) in [6.07, 6.45) is 1.69. The molecule has 2 heterocycles. The van der Waals surface area contributed by atoms with Crippen LogP contribution in [0.15, 0.2) is 59.4 Å². The van der Waals surface area contributed by atoms with Crippen molar-refractivity contribution in [3.05, 3.63) is 76.2 Å². The lowest BCUT2D eigenvalue weighted by atomic mass is 10.1. The van der Waals surface area contributed by atoms with E-state index in [2.05, 4.69) is 27.4 Å². The Morgan fingerprint density at radius 3 is 2.59 bits per heavy atom. The van der Waals surface area contributed by atoms with Crippen LogP contribution in [0.4, 0.5) is 0 Å². The van der Waals surface area contributed by atoms with Gasteiger partial charge in [-0.3, -0.25) is 14.5 Å². The number of hydrogen-bond acceptors (Lipinski definition) is 4. The highest BCUT2D eigenvalue weighted by atomic mass is 16.2. The minimum atomic E-state index is -0.211. The zero-order chi connectivity index (χ0) is 20.2. The molecule has 1 aliphatic heterocycles. The summed E-state index contributed by atoms with van der Waals surface area (Å²) in [4.78, 5) is 28.0. The second-order valence-corrected chi connectivity index (χ2v) is 7.60. The Labute approximate surface area is 170 Å². The van der Waals surface area contributed by atoms with Gasteiger partial charge in [0.05, 0.1) is 5.39 Å². The Kier molecular flexibility index (Phi) is 5.71. The highest BCUT2D eigenvalue weighted by Crippen LogP contribution is 2.16. The molecular formula is C23H26N4O2. The maximum Gasteiger partial charge on any atom is 0.274 e. The largest absolute Gasteiger partial charge is 0.347 e. The van der Waals surface area contributed by atoms with Gasteiger partial charge in [-0.2, -0.15) is 5.10 Å². The highest BCUT2D eigenvalue weighted by Gasteiger charge is 2.26. The van der Waals surface area contributed by atoms with Crippen molar-refractivity contribution in [3.63, 3.8) is 0 Å². The van der Waals surface area contributed by atoms with Crippen LogP contribution in [0.1, 0.15) is 35.8 Å². The quantitative estimate of drug-likeness (QED) is 0.703. The van der Waals surface area contributed by atoms with Crippen molar-refractivity contribution < 1.29 is 4.79 Å². The first-order chi connectivity index (χ1) is 14.2. The van der Waals surface area contributed by atoms with E-state index in [-0.39, 0.29) is 17.5 Å². The summed E-state index contributed by atoms with van der Waals surface area (Å²) in [7, 11) is 0. The van der Waals surface area contributed by atoms with E-state index in [4.69, 9.17) is 0 Å². The van der Waals surface area contributed by atoms with Gasteiger partial charge in [0.2, 0.25) is 0 Å². The van der Waals surface area contributed by atoms with Crippen molar-refractivity contribution in [1.29, 1.82) is 0 Å². The molecule has 4 rings (SSSR count). The number of amides is 1. The molecule has 1 atom stereocenters. The summed E-state index contributed by atoms with van der Waals surface area (Å²) >= 11 is 0. The van der Waals surface area contributed by atoms with Gasteiger partial charge in [0, 0.05) is 37.6 Å². The molecule has 6 nitrogen and oxygen atoms in total. The van der Waals surface area contributed by atoms with Gasteiger partial charge >= 0.3 is 0 Å². The van der Waals surface area contributed by atoms with Crippen LogP contribution in [-0.2, 0) is 13.1 Å². The van der Waals surface area contributed by atoms with Crippen LogP contribution in [0.5, 0.6) is 0 Å². The Bertz CT molecular complexity index is 1060. The minimum absolute atomic E-state index is 0.0818. The van der Waals surface area contributed by atoms with E-state index in [1.54, 1.807) is 12.1 Å². The van der Waals surface area contributed by atoms with Crippen molar-refractivity contribution in [2.75, 3.05) is 13.1 Å². The normalized spacial score (nSPS) is 16.9. The number of nitrogens with one attached hydrogen (secondary N) is 1. The predicted molar refractivity (Wildman–Crippen MR) is 114 cm³/mol. The molecule has 1 aromatic heterocycles. The molecule has 1 fully saturated rings. The predicted octanol–water partition coefficient (Wildman–Crippen LogP) is 2.81. The van der Waals surface area contributed by atoms with E-state index >= 15 is 0 Å². The SMILES string of the molecule is CCCn1nc(C(=O)N[C@H]2CCN(Cc3ccccc3)C2)c2ccccc2c1=O. The molecule has 1 N–H and O–H groups in total. The zero-order valence-corrected chi connectivity index (χ0v) is 16.7. The maximum absolute atomic E-state index is 13.0. The second kappa shape index (κ2) is 8.57. The molecule has 1 amide bonds. The molecule has 6 heteroatoms. The Hall–Kier alpha value is -2.99. The minimum Gasteiger partial charge on any atom is -0.347 e. The molecule has 0 aliphatic carbocycles. The fourth-order valence-electron chi connectivity index (χ4n) is 3.96. The second-order valence-electron chi connectivity index (χ2n) is 7.60. The lowest BCUT2D eigenvalue weighted by molar-refractivity contribution is 0.0932. The van der Waals surface area contributed by atoms with Crippen molar-refractivity contribution in [3.8, 4) is 0 Å². The average molecular weight is 390 g/mol. The first-order valence-electron chi connectivity index (χ1n) is 10.2. The summed E-state index contributed by atoms with van der Waals surface area (Å²) in [5.41, 5.74) is 1.46. The number of fused-ring (bicyclic) bond motifs is 1. The number of likely N-dealkylation sites (tertiary alicyclic amines) is 1. The lowest BCUT2D eigenvalue weighted by Crippen LogP contribution is -2.38. The fraction of sp³-hybridized carbons (Fsp3) is 0.348. The third kappa shape index (κ3) is 4.22. The number of rotatable bonds is 6. The number of carbonyl (C=O) groups is 1. The van der Waals surface area contributed by atoms with Crippen molar-refractivity contribution >= 4 is 16.7 Å². The van der Waals surface area contributed by atoms with Crippen LogP contribution in [-0.4, -0.2) is 39.7 Å². The number of carbonyl (C=O) groups excluding carboxylic acids is 1. The van der Waals surface area contributed by atoms with Crippen LogP contribution in [0.25, 0.3) is 10.8 Å². The third-order valence-corrected chi connectivity index (χ3v) is 5.37. The lowest BCUT2D eigenvalue weighted by Gasteiger charge is -2.17. The van der Waals surface area contributed by atoms with Gasteiger partial charge in [-0.25, -0.2) is 4.68 Å². The van der Waals surface area contributed by atoms with E-state index in [1.165, 1.54) is 10.2 Å². The molecule has 0 bridgehead atoms. The molecule has 29 heavy (non-hydrogen) atoms. The Morgan fingerprint density at radius 2 is 1.83 bits per heavy atom. The summed E-state index contributed by atoms with van der Waals surface area (Å²) in [5.74, 6) is -0.211. The molecule has 2 aromatic carbocycles. The summed E-state index contributed by atoms with van der Waals surface area (Å²) in [5, 5.41) is 8.68. The van der Waals surface area contributed by atoms with E-state index in [0.717, 1.165) is 32.5 Å². The number of nitrogens with zero attached hydrogens (tertiary/aromatic N) is 3. The summed E-state index contributed by atoms with van der Waals surface area (Å²) in [6, 6.07) is 17.7. The summed E-state index contributed by atoms with van der Waals surface area (Å²) < 4.78 is 1.41. The van der Waals surface area contributed by atoms with E-state index in [1.807, 2.05) is 37.3 Å². The first kappa shape index (κ1) is 19.3. The standard InChI is InChI=1S/C23H26N4O2/c1-2-13-27-23(29)20-11-7-6-10-19(20)21(25-27)22(28)24-18-12-14-26(16-18)15-17-8-4-3-5-9-17/h3-11,18H,2,12-16H2,1H3,(H,24,28)/t18-/m0/s1. The summed E-state index contributed by atoms with van der Waals surface area (Å²) in [6.45, 7) is 5.13. The fourth-order valence-corrected chi connectivity index (χ4v) is 3.96. The molecule has 0 saturated carbocycles. The van der Waals surface area contributed by atoms with Crippen molar-refractivity contribution in [1.82, 2.24) is 20.0 Å². The molecular weight excluding hydrogens is 364 g/mol. The van der Waals surface area contributed by atoms with Crippen LogP contribution < -0.4 is 10.9 Å². The number of benzene rings is 2. The molecule has 3 aromatic rings. The van der Waals surface area contributed by atoms with Gasteiger partial charge in [0.15, 0.2) is 5.69 Å². The first-order valence-corrected chi connectivity index (χ1v) is 10.2. The Balaban J connectivity index is 1.51. The zero-order valence-electron chi connectivity index (χ0n) is 16.7. The Morgan fingerprint density at radius 1 is 1.10 bits per heavy atom. The van der Waals surface area contributed by atoms with E-state index in [0.29, 0.717) is 23.0 Å². The van der Waals surface area contributed by atoms with Crippen LogP contribution >= 0.6 is 0 Å². The van der Waals surface area contributed by atoms with Gasteiger partial charge in [-0.1, -0.05) is 55.5 Å². The molecule has 0 unspecified atom stereocenters. The molecule has 0 spiro atoms. The average Bonchev–Trinajstić information content (AvgIpc) is 3.17. The van der Waals surface area contributed by atoms with Crippen LogP contribution in [0, 0.1) is 0 Å². The van der Waals surface area contributed by atoms with Crippen LogP contribution in [0.3, 0.4) is 0 Å². The number of aryl methyl sites for hydroxylation is 1. The highest BCUT2D eigenvalue weighted by molar-refractivity contribution is 6.04. The van der Waals surface area contributed by atoms with Gasteiger partial charge in [0.25, 0.3) is 11.5 Å².